The van der Waals surface area contributed by atoms with E-state index in [1.165, 1.54) is 5.56 Å². The molecule has 0 aliphatic carbocycles. The fraction of sp³-hybridized carbons (Fsp3) is 0.333. The number of carboxylic acid groups (broad SMARTS) is 1. The molecule has 3 aromatic carbocycles. The summed E-state index contributed by atoms with van der Waals surface area (Å²) < 4.78 is 11.1. The highest BCUT2D eigenvalue weighted by Crippen LogP contribution is 2.18. The Balaban J connectivity index is 1.64. The van der Waals surface area contributed by atoms with Crippen molar-refractivity contribution in [2.75, 3.05) is 13.2 Å². The van der Waals surface area contributed by atoms with Crippen molar-refractivity contribution in [3.05, 3.63) is 101 Å². The van der Waals surface area contributed by atoms with E-state index in [1.54, 1.807) is 36.1 Å². The molecule has 0 saturated carbocycles. The molecule has 0 fully saturated rings. The number of carbonyl (C=O) groups excluding carboxylic acids is 1. The fourth-order valence-electron chi connectivity index (χ4n) is 3.86. The summed E-state index contributed by atoms with van der Waals surface area (Å²) in [7, 11) is 0. The van der Waals surface area contributed by atoms with E-state index in [0.717, 1.165) is 16.7 Å². The van der Waals surface area contributed by atoms with Crippen LogP contribution in [0.5, 0.6) is 5.75 Å². The highest BCUT2D eigenvalue weighted by atomic mass is 16.5. The van der Waals surface area contributed by atoms with Gasteiger partial charge in [-0.25, -0.2) is 4.79 Å². The zero-order valence-electron chi connectivity index (χ0n) is 21.2. The molecule has 3 aromatic rings. The van der Waals surface area contributed by atoms with Crippen molar-refractivity contribution < 1.29 is 24.2 Å². The summed E-state index contributed by atoms with van der Waals surface area (Å²) >= 11 is 0. The Morgan fingerprint density at radius 2 is 1.42 bits per heavy atom. The van der Waals surface area contributed by atoms with Crippen LogP contribution in [-0.2, 0) is 33.8 Å². The molecular weight excluding hydrogens is 454 g/mol. The second kappa shape index (κ2) is 13.4. The van der Waals surface area contributed by atoms with Gasteiger partial charge in [-0.3, -0.25) is 4.79 Å². The molecule has 0 unspecified atom stereocenters. The van der Waals surface area contributed by atoms with Crippen molar-refractivity contribution in [2.45, 2.75) is 52.3 Å². The Hall–Kier alpha value is -3.64. The lowest BCUT2D eigenvalue weighted by Crippen LogP contribution is -2.34. The number of rotatable bonds is 13. The van der Waals surface area contributed by atoms with Gasteiger partial charge in [-0.15, -0.1) is 0 Å². The standard InChI is InChI=1S/C30H35NO5/c1-4-35-28(30(33)34)18-23-12-16-27(17-13-23)36-21-29(32)31(19-24-8-6-5-7-9-24)20-25-10-14-26(15-11-25)22(2)3/h5-17,22,28H,4,18-21H2,1-3H3,(H,33,34)/t28-/m0/s1. The maximum Gasteiger partial charge on any atom is 0.333 e. The third-order valence-electron chi connectivity index (χ3n) is 5.94. The topological polar surface area (TPSA) is 76.1 Å². The SMILES string of the molecule is CCO[C@@H](Cc1ccc(OCC(=O)N(Cc2ccccc2)Cc2ccc(C(C)C)cc2)cc1)C(=O)O. The third kappa shape index (κ3) is 8.24. The lowest BCUT2D eigenvalue weighted by molar-refractivity contribution is -0.150. The number of ether oxygens (including phenoxy) is 2. The molecule has 36 heavy (non-hydrogen) atoms. The highest BCUT2D eigenvalue weighted by molar-refractivity contribution is 5.77. The molecule has 1 N–H and O–H groups in total. The van der Waals surface area contributed by atoms with Crippen LogP contribution < -0.4 is 4.74 Å². The normalized spacial score (nSPS) is 11.8. The summed E-state index contributed by atoms with van der Waals surface area (Å²) in [6, 6.07) is 25.4. The summed E-state index contributed by atoms with van der Waals surface area (Å²) in [5.74, 6) is -0.0929. The largest absolute Gasteiger partial charge is 0.484 e. The molecule has 0 aliphatic rings. The zero-order chi connectivity index (χ0) is 25.9. The van der Waals surface area contributed by atoms with Crippen molar-refractivity contribution in [3.8, 4) is 5.75 Å². The molecule has 6 heteroatoms. The van der Waals surface area contributed by atoms with Crippen LogP contribution in [0.25, 0.3) is 0 Å². The first-order valence-electron chi connectivity index (χ1n) is 12.3. The number of carboxylic acids is 1. The van der Waals surface area contributed by atoms with Crippen molar-refractivity contribution >= 4 is 11.9 Å². The second-order valence-corrected chi connectivity index (χ2v) is 9.05. The summed E-state index contributed by atoms with van der Waals surface area (Å²) in [6.07, 6.45) is -0.618. The minimum absolute atomic E-state index is 0.0903. The fourth-order valence-corrected chi connectivity index (χ4v) is 3.86. The van der Waals surface area contributed by atoms with Gasteiger partial charge < -0.3 is 19.5 Å². The van der Waals surface area contributed by atoms with Crippen LogP contribution in [0.2, 0.25) is 0 Å². The summed E-state index contributed by atoms with van der Waals surface area (Å²) in [6.45, 7) is 7.31. The highest BCUT2D eigenvalue weighted by Gasteiger charge is 2.19. The number of hydrogen-bond acceptors (Lipinski definition) is 4. The molecule has 0 radical (unpaired) electrons. The van der Waals surface area contributed by atoms with Crippen LogP contribution in [0, 0.1) is 0 Å². The monoisotopic (exact) mass is 489 g/mol. The Labute approximate surface area is 213 Å². The van der Waals surface area contributed by atoms with Crippen LogP contribution in [-0.4, -0.2) is 41.2 Å². The van der Waals surface area contributed by atoms with Crippen molar-refractivity contribution in [1.29, 1.82) is 0 Å². The molecule has 3 rings (SSSR count). The van der Waals surface area contributed by atoms with Crippen LogP contribution in [0.4, 0.5) is 0 Å². The van der Waals surface area contributed by atoms with Crippen molar-refractivity contribution in [2.24, 2.45) is 0 Å². The van der Waals surface area contributed by atoms with Gasteiger partial charge in [-0.05, 0) is 47.2 Å². The van der Waals surface area contributed by atoms with E-state index in [1.807, 2.05) is 30.3 Å². The molecule has 190 valence electrons. The lowest BCUT2D eigenvalue weighted by atomic mass is 10.0. The molecule has 6 nitrogen and oxygen atoms in total. The van der Waals surface area contributed by atoms with Crippen LogP contribution in [0.1, 0.15) is 48.9 Å². The first-order chi connectivity index (χ1) is 17.4. The Morgan fingerprint density at radius 3 is 1.97 bits per heavy atom. The van der Waals surface area contributed by atoms with E-state index in [-0.39, 0.29) is 18.9 Å². The molecule has 0 spiro atoms. The Morgan fingerprint density at radius 1 is 0.833 bits per heavy atom. The number of nitrogens with zero attached hydrogens (tertiary/aromatic N) is 1. The maximum atomic E-state index is 13.2. The van der Waals surface area contributed by atoms with Gasteiger partial charge in [-0.1, -0.05) is 80.6 Å². The quantitative estimate of drug-likeness (QED) is 0.346. The van der Waals surface area contributed by atoms with Gasteiger partial charge in [-0.2, -0.15) is 0 Å². The Bertz CT molecular complexity index is 1090. The van der Waals surface area contributed by atoms with Gasteiger partial charge in [0, 0.05) is 26.1 Å². The van der Waals surface area contributed by atoms with Gasteiger partial charge >= 0.3 is 5.97 Å². The Kier molecular flexibility index (Phi) is 10.1. The predicted molar refractivity (Wildman–Crippen MR) is 140 cm³/mol. The number of carbonyl (C=O) groups is 2. The molecule has 1 amide bonds. The number of hydrogen-bond donors (Lipinski definition) is 1. The summed E-state index contributed by atoms with van der Waals surface area (Å²) in [5, 5.41) is 9.27. The average Bonchev–Trinajstić information content (AvgIpc) is 2.88. The van der Waals surface area contributed by atoms with E-state index in [2.05, 4.69) is 38.1 Å². The first kappa shape index (κ1) is 27.0. The minimum atomic E-state index is -0.986. The molecular formula is C30H35NO5. The maximum absolute atomic E-state index is 13.2. The first-order valence-corrected chi connectivity index (χ1v) is 12.3. The second-order valence-electron chi connectivity index (χ2n) is 9.05. The molecule has 0 saturated heterocycles. The molecule has 0 heterocycles. The molecule has 0 aliphatic heterocycles. The number of aliphatic carboxylic acids is 1. The molecule has 0 aromatic heterocycles. The van der Waals surface area contributed by atoms with Gasteiger partial charge in [0.25, 0.3) is 5.91 Å². The number of amides is 1. The third-order valence-corrected chi connectivity index (χ3v) is 5.94. The number of benzene rings is 3. The minimum Gasteiger partial charge on any atom is -0.484 e. The van der Waals surface area contributed by atoms with Gasteiger partial charge in [0.2, 0.25) is 0 Å². The molecule has 0 bridgehead atoms. The van der Waals surface area contributed by atoms with E-state index in [9.17, 15) is 14.7 Å². The summed E-state index contributed by atoms with van der Waals surface area (Å²) in [5.41, 5.74) is 4.21. The van der Waals surface area contributed by atoms with Crippen molar-refractivity contribution in [1.82, 2.24) is 4.90 Å². The van der Waals surface area contributed by atoms with Gasteiger partial charge in [0.1, 0.15) is 5.75 Å². The lowest BCUT2D eigenvalue weighted by Gasteiger charge is -2.23. The van der Waals surface area contributed by atoms with Gasteiger partial charge in [0.15, 0.2) is 12.7 Å². The van der Waals surface area contributed by atoms with E-state index >= 15 is 0 Å². The van der Waals surface area contributed by atoms with Crippen LogP contribution >= 0.6 is 0 Å². The van der Waals surface area contributed by atoms with Crippen molar-refractivity contribution in [3.63, 3.8) is 0 Å². The smallest absolute Gasteiger partial charge is 0.333 e. The average molecular weight is 490 g/mol. The van der Waals surface area contributed by atoms with E-state index in [4.69, 9.17) is 9.47 Å². The summed E-state index contributed by atoms with van der Waals surface area (Å²) in [4.78, 5) is 26.3. The van der Waals surface area contributed by atoms with Crippen LogP contribution in [0.15, 0.2) is 78.9 Å². The van der Waals surface area contributed by atoms with Gasteiger partial charge in [0.05, 0.1) is 0 Å². The van der Waals surface area contributed by atoms with E-state index < -0.39 is 12.1 Å². The molecule has 1 atom stereocenters. The van der Waals surface area contributed by atoms with Crippen LogP contribution in [0.3, 0.4) is 0 Å². The van der Waals surface area contributed by atoms with E-state index in [0.29, 0.717) is 31.4 Å². The zero-order valence-corrected chi connectivity index (χ0v) is 21.2. The predicted octanol–water partition coefficient (Wildman–Crippen LogP) is 5.45.